The summed E-state index contributed by atoms with van der Waals surface area (Å²) >= 11 is 1.44. The zero-order valence-corrected chi connectivity index (χ0v) is 10.8. The molecule has 0 saturated carbocycles. The summed E-state index contributed by atoms with van der Waals surface area (Å²) in [4.78, 5) is 17.7. The number of thioether (sulfide) groups is 1. The van der Waals surface area contributed by atoms with Crippen LogP contribution < -0.4 is 10.9 Å². The van der Waals surface area contributed by atoms with Gasteiger partial charge < -0.3 is 4.98 Å². The number of aromatic nitrogens is 2. The Morgan fingerprint density at radius 1 is 1.71 bits per heavy atom. The fourth-order valence-electron chi connectivity index (χ4n) is 1.35. The van der Waals surface area contributed by atoms with E-state index in [2.05, 4.69) is 21.4 Å². The minimum Gasteiger partial charge on any atom is -0.301 e. The van der Waals surface area contributed by atoms with E-state index >= 15 is 0 Å². The standard InChI is InChI=1S/C11H16N4OS/c1-3-14-11(2,8-12)5-7-17-10-13-6-4-9(16)15-10/h4,6,14H,3,5,7H2,1-2H3,(H,13,15,16). The third kappa shape index (κ3) is 4.59. The summed E-state index contributed by atoms with van der Waals surface area (Å²) in [6.07, 6.45) is 2.18. The number of aromatic amines is 1. The lowest BCUT2D eigenvalue weighted by Gasteiger charge is -2.21. The highest BCUT2D eigenvalue weighted by Gasteiger charge is 2.21. The molecule has 1 rings (SSSR count). The van der Waals surface area contributed by atoms with Gasteiger partial charge in [0.2, 0.25) is 0 Å². The topological polar surface area (TPSA) is 81.6 Å². The molecular weight excluding hydrogens is 236 g/mol. The average Bonchev–Trinajstić information content (AvgIpc) is 2.29. The second kappa shape index (κ2) is 6.42. The molecule has 0 saturated heterocycles. The van der Waals surface area contributed by atoms with Gasteiger partial charge in [-0.15, -0.1) is 0 Å². The Labute approximate surface area is 105 Å². The van der Waals surface area contributed by atoms with Crippen LogP contribution in [0.15, 0.2) is 22.2 Å². The van der Waals surface area contributed by atoms with Gasteiger partial charge in [-0.25, -0.2) is 4.98 Å². The highest BCUT2D eigenvalue weighted by atomic mass is 32.2. The molecule has 0 aromatic carbocycles. The van der Waals surface area contributed by atoms with Crippen LogP contribution in [0.2, 0.25) is 0 Å². The predicted octanol–water partition coefficient (Wildman–Crippen LogP) is 1.14. The molecule has 17 heavy (non-hydrogen) atoms. The van der Waals surface area contributed by atoms with Gasteiger partial charge in [0.25, 0.3) is 5.56 Å². The Kier molecular flexibility index (Phi) is 5.19. The lowest BCUT2D eigenvalue weighted by molar-refractivity contribution is 0.450. The number of nitrogens with one attached hydrogen (secondary N) is 2. The first-order valence-corrected chi connectivity index (χ1v) is 6.42. The highest BCUT2D eigenvalue weighted by molar-refractivity contribution is 7.99. The minimum atomic E-state index is -0.517. The van der Waals surface area contributed by atoms with Crippen LogP contribution in [-0.4, -0.2) is 27.8 Å². The van der Waals surface area contributed by atoms with Crippen LogP contribution in [0.4, 0.5) is 0 Å². The Bertz CT molecular complexity index is 453. The zero-order chi connectivity index (χ0) is 12.7. The molecule has 2 N–H and O–H groups in total. The Morgan fingerprint density at radius 2 is 2.47 bits per heavy atom. The lowest BCUT2D eigenvalue weighted by atomic mass is 10.0. The molecule has 0 aliphatic rings. The van der Waals surface area contributed by atoms with E-state index in [9.17, 15) is 4.79 Å². The fourth-order valence-corrected chi connectivity index (χ4v) is 2.36. The van der Waals surface area contributed by atoms with E-state index in [1.54, 1.807) is 0 Å². The fraction of sp³-hybridized carbons (Fsp3) is 0.545. The molecule has 6 heteroatoms. The van der Waals surface area contributed by atoms with Gasteiger partial charge in [-0.2, -0.15) is 5.26 Å². The van der Waals surface area contributed by atoms with Crippen LogP contribution in [0, 0.1) is 11.3 Å². The van der Waals surface area contributed by atoms with Crippen LogP contribution >= 0.6 is 11.8 Å². The predicted molar refractivity (Wildman–Crippen MR) is 67.9 cm³/mol. The van der Waals surface area contributed by atoms with Crippen molar-refractivity contribution >= 4 is 11.8 Å². The molecular formula is C11H16N4OS. The van der Waals surface area contributed by atoms with Crippen molar-refractivity contribution in [2.24, 2.45) is 0 Å². The zero-order valence-electron chi connectivity index (χ0n) is 9.99. The maximum atomic E-state index is 11.0. The number of nitriles is 1. The summed E-state index contributed by atoms with van der Waals surface area (Å²) in [5, 5.41) is 12.8. The van der Waals surface area contributed by atoms with Crippen LogP contribution in [0.3, 0.4) is 0 Å². The molecule has 0 fully saturated rings. The molecule has 92 valence electrons. The first-order valence-electron chi connectivity index (χ1n) is 5.44. The summed E-state index contributed by atoms with van der Waals surface area (Å²) in [6, 6.07) is 3.64. The van der Waals surface area contributed by atoms with Crippen molar-refractivity contribution in [3.8, 4) is 6.07 Å². The van der Waals surface area contributed by atoms with Gasteiger partial charge in [-0.3, -0.25) is 10.1 Å². The molecule has 1 aromatic heterocycles. The number of H-pyrrole nitrogens is 1. The summed E-state index contributed by atoms with van der Waals surface area (Å²) < 4.78 is 0. The van der Waals surface area contributed by atoms with E-state index < -0.39 is 5.54 Å². The van der Waals surface area contributed by atoms with E-state index in [0.29, 0.717) is 11.6 Å². The largest absolute Gasteiger partial charge is 0.301 e. The van der Waals surface area contributed by atoms with Crippen molar-refractivity contribution in [3.05, 3.63) is 22.6 Å². The van der Waals surface area contributed by atoms with Crippen molar-refractivity contribution < 1.29 is 0 Å². The second-order valence-corrected chi connectivity index (χ2v) is 4.90. The van der Waals surface area contributed by atoms with Gasteiger partial charge in [0, 0.05) is 18.0 Å². The smallest absolute Gasteiger partial charge is 0.251 e. The highest BCUT2D eigenvalue weighted by Crippen LogP contribution is 2.17. The van der Waals surface area contributed by atoms with E-state index in [-0.39, 0.29) is 5.56 Å². The van der Waals surface area contributed by atoms with E-state index in [1.165, 1.54) is 24.0 Å². The summed E-state index contributed by atoms with van der Waals surface area (Å²) in [6.45, 7) is 4.60. The summed E-state index contributed by atoms with van der Waals surface area (Å²) in [5.41, 5.74) is -0.672. The molecule has 0 aliphatic carbocycles. The molecule has 1 heterocycles. The second-order valence-electron chi connectivity index (χ2n) is 3.81. The van der Waals surface area contributed by atoms with Gasteiger partial charge in [0.05, 0.1) is 6.07 Å². The Hall–Kier alpha value is -1.32. The van der Waals surface area contributed by atoms with Gasteiger partial charge in [0.15, 0.2) is 5.16 Å². The van der Waals surface area contributed by atoms with Gasteiger partial charge in [0.1, 0.15) is 5.54 Å². The summed E-state index contributed by atoms with van der Waals surface area (Å²) in [7, 11) is 0. The van der Waals surface area contributed by atoms with E-state index in [1.807, 2.05) is 13.8 Å². The maximum absolute atomic E-state index is 11.0. The van der Waals surface area contributed by atoms with Crippen molar-refractivity contribution in [1.82, 2.24) is 15.3 Å². The van der Waals surface area contributed by atoms with Crippen molar-refractivity contribution in [3.63, 3.8) is 0 Å². The number of hydrogen-bond donors (Lipinski definition) is 2. The van der Waals surface area contributed by atoms with Crippen LogP contribution in [0.25, 0.3) is 0 Å². The monoisotopic (exact) mass is 252 g/mol. The molecule has 0 aliphatic heterocycles. The van der Waals surface area contributed by atoms with Crippen LogP contribution in [0.5, 0.6) is 0 Å². The molecule has 1 unspecified atom stereocenters. The normalized spacial score (nSPS) is 13.9. The molecule has 5 nitrogen and oxygen atoms in total. The van der Waals surface area contributed by atoms with Crippen molar-refractivity contribution in [1.29, 1.82) is 5.26 Å². The van der Waals surface area contributed by atoms with Gasteiger partial charge in [-0.1, -0.05) is 18.7 Å². The average molecular weight is 252 g/mol. The first-order chi connectivity index (χ1) is 8.09. The number of rotatable bonds is 6. The van der Waals surface area contributed by atoms with Gasteiger partial charge in [-0.05, 0) is 19.9 Å². The lowest BCUT2D eigenvalue weighted by Crippen LogP contribution is -2.41. The van der Waals surface area contributed by atoms with Gasteiger partial charge >= 0.3 is 0 Å². The van der Waals surface area contributed by atoms with E-state index in [0.717, 1.165) is 12.3 Å². The molecule has 0 amide bonds. The third-order valence-corrected chi connectivity index (χ3v) is 3.19. The Morgan fingerprint density at radius 3 is 3.06 bits per heavy atom. The maximum Gasteiger partial charge on any atom is 0.251 e. The molecule has 0 radical (unpaired) electrons. The number of nitrogens with zero attached hydrogens (tertiary/aromatic N) is 2. The molecule has 0 spiro atoms. The quantitative estimate of drug-likeness (QED) is 0.586. The van der Waals surface area contributed by atoms with Crippen LogP contribution in [-0.2, 0) is 0 Å². The first kappa shape index (κ1) is 13.7. The van der Waals surface area contributed by atoms with Crippen LogP contribution in [0.1, 0.15) is 20.3 Å². The molecule has 0 bridgehead atoms. The summed E-state index contributed by atoms with van der Waals surface area (Å²) in [5.74, 6) is 0.726. The van der Waals surface area contributed by atoms with Crippen molar-refractivity contribution in [2.75, 3.05) is 12.3 Å². The third-order valence-electron chi connectivity index (χ3n) is 2.30. The molecule has 1 aromatic rings. The van der Waals surface area contributed by atoms with Crippen molar-refractivity contribution in [2.45, 2.75) is 31.0 Å². The van der Waals surface area contributed by atoms with E-state index in [4.69, 9.17) is 5.26 Å². The SMILES string of the molecule is CCNC(C)(C#N)CCSc1nccc(=O)[nH]1. The number of hydrogen-bond acceptors (Lipinski definition) is 5. The minimum absolute atomic E-state index is 0.155. The Balaban J connectivity index is 2.47. The molecule has 1 atom stereocenters.